The first kappa shape index (κ1) is 18.1. The maximum atomic E-state index is 6.25. The van der Waals surface area contributed by atoms with Crippen molar-refractivity contribution in [2.24, 2.45) is 10.4 Å². The summed E-state index contributed by atoms with van der Waals surface area (Å²) in [5, 5.41) is 4.31. The van der Waals surface area contributed by atoms with Gasteiger partial charge >= 0.3 is 0 Å². The van der Waals surface area contributed by atoms with Gasteiger partial charge in [-0.25, -0.2) is 0 Å². The molecule has 1 aliphatic carbocycles. The number of ether oxygens (including phenoxy) is 1. The van der Waals surface area contributed by atoms with Crippen molar-refractivity contribution >= 4 is 17.6 Å². The summed E-state index contributed by atoms with van der Waals surface area (Å²) < 4.78 is 5.50. The van der Waals surface area contributed by atoms with Crippen LogP contribution in [0, 0.1) is 5.41 Å². The molecular weight excluding hydrogens is 310 g/mol. The zero-order valence-electron chi connectivity index (χ0n) is 14.4. The van der Waals surface area contributed by atoms with Crippen molar-refractivity contribution in [1.29, 1.82) is 0 Å². The molecule has 23 heavy (non-hydrogen) atoms. The lowest BCUT2D eigenvalue weighted by Crippen LogP contribution is -2.41. The van der Waals surface area contributed by atoms with Crippen LogP contribution in [0.4, 0.5) is 0 Å². The molecule has 4 nitrogen and oxygen atoms in total. The van der Waals surface area contributed by atoms with Crippen molar-refractivity contribution in [2.75, 3.05) is 33.9 Å². The number of halogens is 1. The first-order valence-corrected chi connectivity index (χ1v) is 8.71. The second-order valence-electron chi connectivity index (χ2n) is 6.30. The average molecular weight is 338 g/mol. The molecule has 0 heterocycles. The Morgan fingerprint density at radius 3 is 2.74 bits per heavy atom. The van der Waals surface area contributed by atoms with E-state index < -0.39 is 0 Å². The minimum Gasteiger partial charge on any atom is -0.382 e. The van der Waals surface area contributed by atoms with Gasteiger partial charge in [0.1, 0.15) is 0 Å². The van der Waals surface area contributed by atoms with Crippen LogP contribution in [-0.4, -0.2) is 44.7 Å². The van der Waals surface area contributed by atoms with Crippen LogP contribution in [0.3, 0.4) is 0 Å². The third-order valence-electron chi connectivity index (χ3n) is 4.50. The predicted molar refractivity (Wildman–Crippen MR) is 97.1 cm³/mol. The molecule has 128 valence electrons. The number of aliphatic imine (C=N–C) groups is 1. The summed E-state index contributed by atoms with van der Waals surface area (Å²) in [6.07, 6.45) is 3.68. The fourth-order valence-electron chi connectivity index (χ4n) is 2.73. The zero-order chi connectivity index (χ0) is 16.7. The SMILES string of the molecule is CCOCCC1(CNC(=NC)N(C)Cc2ccccc2Cl)CC1. The van der Waals surface area contributed by atoms with Crippen LogP contribution in [-0.2, 0) is 11.3 Å². The maximum absolute atomic E-state index is 6.25. The van der Waals surface area contributed by atoms with Crippen LogP contribution >= 0.6 is 11.6 Å². The molecule has 0 aromatic heterocycles. The summed E-state index contributed by atoms with van der Waals surface area (Å²) in [6, 6.07) is 7.94. The second kappa shape index (κ2) is 8.55. The summed E-state index contributed by atoms with van der Waals surface area (Å²) in [6.45, 7) is 5.40. The smallest absolute Gasteiger partial charge is 0.193 e. The molecule has 0 unspecified atom stereocenters. The van der Waals surface area contributed by atoms with Gasteiger partial charge in [-0.2, -0.15) is 0 Å². The van der Waals surface area contributed by atoms with E-state index in [-0.39, 0.29) is 0 Å². The van der Waals surface area contributed by atoms with Gasteiger partial charge in [0.15, 0.2) is 5.96 Å². The van der Waals surface area contributed by atoms with Gasteiger partial charge in [-0.05, 0) is 43.2 Å². The molecule has 1 saturated carbocycles. The van der Waals surface area contributed by atoms with E-state index in [1.54, 1.807) is 0 Å². The van der Waals surface area contributed by atoms with E-state index >= 15 is 0 Å². The van der Waals surface area contributed by atoms with Gasteiger partial charge in [0.2, 0.25) is 0 Å². The zero-order valence-corrected chi connectivity index (χ0v) is 15.2. The largest absolute Gasteiger partial charge is 0.382 e. The summed E-state index contributed by atoms with van der Waals surface area (Å²) in [5.41, 5.74) is 1.51. The van der Waals surface area contributed by atoms with Crippen LogP contribution in [0.2, 0.25) is 5.02 Å². The Morgan fingerprint density at radius 2 is 2.13 bits per heavy atom. The number of rotatable bonds is 8. The third-order valence-corrected chi connectivity index (χ3v) is 4.87. The normalized spacial score (nSPS) is 16.3. The molecule has 0 bridgehead atoms. The highest BCUT2D eigenvalue weighted by atomic mass is 35.5. The number of benzene rings is 1. The standard InChI is InChI=1S/C18H28ClN3O/c1-4-23-12-11-18(9-10-18)14-21-17(20-2)22(3)13-15-7-5-6-8-16(15)19/h5-8H,4,9-14H2,1-3H3,(H,20,21). The van der Waals surface area contributed by atoms with Crippen LogP contribution in [0.5, 0.6) is 0 Å². The monoisotopic (exact) mass is 337 g/mol. The summed E-state index contributed by atoms with van der Waals surface area (Å²) >= 11 is 6.25. The van der Waals surface area contributed by atoms with Crippen LogP contribution in [0.25, 0.3) is 0 Å². The minimum absolute atomic E-state index is 0.399. The third kappa shape index (κ3) is 5.40. The Labute approximate surface area is 144 Å². The Kier molecular flexibility index (Phi) is 6.72. The molecule has 1 fully saturated rings. The number of hydrogen-bond donors (Lipinski definition) is 1. The van der Waals surface area contributed by atoms with Gasteiger partial charge in [0.05, 0.1) is 0 Å². The van der Waals surface area contributed by atoms with Crippen molar-refractivity contribution in [3.8, 4) is 0 Å². The van der Waals surface area contributed by atoms with Gasteiger partial charge in [0.25, 0.3) is 0 Å². The molecule has 5 heteroatoms. The molecule has 1 aromatic carbocycles. The summed E-state index contributed by atoms with van der Waals surface area (Å²) in [7, 11) is 3.86. The molecule has 0 atom stereocenters. The lowest BCUT2D eigenvalue weighted by Gasteiger charge is -2.25. The van der Waals surface area contributed by atoms with E-state index in [1.807, 2.05) is 39.2 Å². The van der Waals surface area contributed by atoms with Gasteiger partial charge < -0.3 is 15.0 Å². The van der Waals surface area contributed by atoms with Crippen molar-refractivity contribution in [2.45, 2.75) is 32.7 Å². The highest BCUT2D eigenvalue weighted by Gasteiger charge is 2.42. The Morgan fingerprint density at radius 1 is 1.39 bits per heavy atom. The van der Waals surface area contributed by atoms with E-state index in [9.17, 15) is 0 Å². The Hall–Kier alpha value is -1.26. The first-order chi connectivity index (χ1) is 11.1. The number of nitrogens with zero attached hydrogens (tertiary/aromatic N) is 2. The fraction of sp³-hybridized carbons (Fsp3) is 0.611. The second-order valence-corrected chi connectivity index (χ2v) is 6.70. The summed E-state index contributed by atoms with van der Waals surface area (Å²) in [5.74, 6) is 0.910. The number of guanidine groups is 1. The van der Waals surface area contributed by atoms with E-state index in [1.165, 1.54) is 12.8 Å². The molecule has 1 aliphatic rings. The predicted octanol–water partition coefficient (Wildman–Crippen LogP) is 3.55. The Bertz CT molecular complexity index is 529. The van der Waals surface area contributed by atoms with Crippen molar-refractivity contribution < 1.29 is 4.74 Å². The lowest BCUT2D eigenvalue weighted by molar-refractivity contribution is 0.128. The van der Waals surface area contributed by atoms with Crippen molar-refractivity contribution in [1.82, 2.24) is 10.2 Å². The van der Waals surface area contributed by atoms with E-state index in [4.69, 9.17) is 16.3 Å². The van der Waals surface area contributed by atoms with Gasteiger partial charge in [0, 0.05) is 45.4 Å². The van der Waals surface area contributed by atoms with Crippen LogP contribution in [0.15, 0.2) is 29.3 Å². The van der Waals surface area contributed by atoms with E-state index in [0.29, 0.717) is 5.41 Å². The fourth-order valence-corrected chi connectivity index (χ4v) is 2.93. The van der Waals surface area contributed by atoms with E-state index in [0.717, 1.165) is 49.3 Å². The molecular formula is C18H28ClN3O. The lowest BCUT2D eigenvalue weighted by atomic mass is 10.0. The number of hydrogen-bond acceptors (Lipinski definition) is 2. The van der Waals surface area contributed by atoms with Crippen molar-refractivity contribution in [3.05, 3.63) is 34.9 Å². The molecule has 0 saturated heterocycles. The molecule has 2 rings (SSSR count). The number of nitrogens with one attached hydrogen (secondary N) is 1. The highest BCUT2D eigenvalue weighted by Crippen LogP contribution is 2.48. The maximum Gasteiger partial charge on any atom is 0.193 e. The molecule has 0 aliphatic heterocycles. The van der Waals surface area contributed by atoms with Gasteiger partial charge in [-0.1, -0.05) is 29.8 Å². The first-order valence-electron chi connectivity index (χ1n) is 8.33. The minimum atomic E-state index is 0.399. The van der Waals surface area contributed by atoms with Crippen LogP contribution < -0.4 is 5.32 Å². The molecule has 1 aromatic rings. The highest BCUT2D eigenvalue weighted by molar-refractivity contribution is 6.31. The van der Waals surface area contributed by atoms with Crippen molar-refractivity contribution in [3.63, 3.8) is 0 Å². The van der Waals surface area contributed by atoms with Gasteiger partial charge in [-0.15, -0.1) is 0 Å². The average Bonchev–Trinajstić information content (AvgIpc) is 3.31. The molecule has 0 spiro atoms. The molecule has 0 radical (unpaired) electrons. The molecule has 0 amide bonds. The van der Waals surface area contributed by atoms with Crippen LogP contribution in [0.1, 0.15) is 31.7 Å². The van der Waals surface area contributed by atoms with E-state index in [2.05, 4.69) is 21.3 Å². The summed E-state index contributed by atoms with van der Waals surface area (Å²) in [4.78, 5) is 6.51. The Balaban J connectivity index is 1.84. The quantitative estimate of drug-likeness (QED) is 0.448. The molecule has 1 N–H and O–H groups in total. The topological polar surface area (TPSA) is 36.9 Å². The van der Waals surface area contributed by atoms with Gasteiger partial charge in [-0.3, -0.25) is 4.99 Å².